The molecule has 1 aromatic carbocycles. The molecule has 6 nitrogen and oxygen atoms in total. The maximum absolute atomic E-state index is 5.41. The highest BCUT2D eigenvalue weighted by atomic mass is 16.5. The molecule has 0 saturated heterocycles. The first-order chi connectivity index (χ1) is 11.7. The zero-order valence-corrected chi connectivity index (χ0v) is 14.4. The van der Waals surface area contributed by atoms with Crippen molar-refractivity contribution in [2.24, 2.45) is 7.05 Å². The topological polar surface area (TPSA) is 56.9 Å². The van der Waals surface area contributed by atoms with Gasteiger partial charge < -0.3 is 10.1 Å². The molecule has 0 fully saturated rings. The average molecular weight is 325 g/mol. The number of aryl methyl sites for hydroxylation is 2. The van der Waals surface area contributed by atoms with Gasteiger partial charge in [0.2, 0.25) is 5.88 Å². The second kappa shape index (κ2) is 7.31. The molecule has 0 aliphatic carbocycles. The van der Waals surface area contributed by atoms with E-state index in [0.29, 0.717) is 0 Å². The van der Waals surface area contributed by atoms with Crippen molar-refractivity contribution < 1.29 is 4.74 Å². The number of hydrogen-bond acceptors (Lipinski definition) is 4. The summed E-state index contributed by atoms with van der Waals surface area (Å²) < 4.78 is 9.09. The van der Waals surface area contributed by atoms with Crippen molar-refractivity contribution in [1.29, 1.82) is 0 Å². The van der Waals surface area contributed by atoms with Crippen LogP contribution in [0.15, 0.2) is 42.7 Å². The number of aromatic nitrogens is 4. The van der Waals surface area contributed by atoms with Crippen molar-refractivity contribution in [2.45, 2.75) is 19.9 Å². The quantitative estimate of drug-likeness (QED) is 0.677. The smallest absolute Gasteiger partial charge is 0.216 e. The first kappa shape index (κ1) is 16.3. The van der Waals surface area contributed by atoms with Crippen molar-refractivity contribution in [3.8, 4) is 11.6 Å². The molecule has 3 aromatic rings. The number of methoxy groups -OCH3 is 1. The molecular weight excluding hydrogens is 302 g/mol. The summed E-state index contributed by atoms with van der Waals surface area (Å²) >= 11 is 0. The summed E-state index contributed by atoms with van der Waals surface area (Å²) in [6.45, 7) is 3.62. The Morgan fingerprint density at radius 3 is 2.75 bits per heavy atom. The van der Waals surface area contributed by atoms with Gasteiger partial charge in [0.05, 0.1) is 30.3 Å². The van der Waals surface area contributed by atoms with E-state index >= 15 is 0 Å². The molecule has 0 bridgehead atoms. The molecule has 1 N–H and O–H groups in total. The van der Waals surface area contributed by atoms with Gasteiger partial charge in [-0.1, -0.05) is 18.2 Å². The predicted octanol–water partition coefficient (Wildman–Crippen LogP) is 2.26. The number of benzene rings is 1. The van der Waals surface area contributed by atoms with Crippen LogP contribution in [-0.2, 0) is 20.0 Å². The fourth-order valence-corrected chi connectivity index (χ4v) is 2.80. The lowest BCUT2D eigenvalue weighted by Crippen LogP contribution is -2.17. The molecule has 2 heterocycles. The lowest BCUT2D eigenvalue weighted by Gasteiger charge is -2.06. The van der Waals surface area contributed by atoms with E-state index in [1.165, 1.54) is 5.56 Å². The molecular formula is C18H23N5O. The van der Waals surface area contributed by atoms with Crippen LogP contribution in [0.4, 0.5) is 0 Å². The molecule has 0 spiro atoms. The van der Waals surface area contributed by atoms with Gasteiger partial charge in [-0.05, 0) is 37.6 Å². The number of nitrogens with zero attached hydrogens (tertiary/aromatic N) is 4. The molecule has 0 saturated carbocycles. The average Bonchev–Trinajstić information content (AvgIpc) is 3.17. The third kappa shape index (κ3) is 3.49. The van der Waals surface area contributed by atoms with Crippen LogP contribution in [-0.4, -0.2) is 33.2 Å². The molecule has 0 aliphatic heterocycles. The number of nitrogens with one attached hydrogen (secondary N) is 1. The van der Waals surface area contributed by atoms with Crippen LogP contribution in [0.2, 0.25) is 0 Å². The lowest BCUT2D eigenvalue weighted by atomic mass is 10.2. The summed E-state index contributed by atoms with van der Waals surface area (Å²) in [6, 6.07) is 10.1. The minimum absolute atomic E-state index is 0.746. The minimum Gasteiger partial charge on any atom is -0.481 e. The highest BCUT2D eigenvalue weighted by Crippen LogP contribution is 2.20. The Bertz CT molecular complexity index is 791. The van der Waals surface area contributed by atoms with Gasteiger partial charge in [-0.15, -0.1) is 0 Å². The van der Waals surface area contributed by atoms with Crippen molar-refractivity contribution in [3.63, 3.8) is 0 Å². The van der Waals surface area contributed by atoms with Crippen molar-refractivity contribution in [2.75, 3.05) is 13.7 Å². The molecule has 0 atom stereocenters. The molecule has 24 heavy (non-hydrogen) atoms. The lowest BCUT2D eigenvalue weighted by molar-refractivity contribution is 0.368. The number of rotatable bonds is 7. The van der Waals surface area contributed by atoms with Gasteiger partial charge in [0, 0.05) is 19.8 Å². The van der Waals surface area contributed by atoms with E-state index in [1.807, 2.05) is 55.2 Å². The van der Waals surface area contributed by atoms with Gasteiger partial charge in [-0.2, -0.15) is 10.2 Å². The third-order valence-corrected chi connectivity index (χ3v) is 4.03. The molecule has 0 aliphatic rings. The first-order valence-electron chi connectivity index (χ1n) is 8.05. The molecule has 6 heteroatoms. The van der Waals surface area contributed by atoms with E-state index in [4.69, 9.17) is 4.74 Å². The summed E-state index contributed by atoms with van der Waals surface area (Å²) in [4.78, 5) is 0. The van der Waals surface area contributed by atoms with E-state index < -0.39 is 0 Å². The Labute approximate surface area is 142 Å². The highest BCUT2D eigenvalue weighted by molar-refractivity contribution is 5.31. The Morgan fingerprint density at radius 1 is 1.21 bits per heavy atom. The Kier molecular flexibility index (Phi) is 4.96. The summed E-state index contributed by atoms with van der Waals surface area (Å²) in [6.07, 6.45) is 4.92. The van der Waals surface area contributed by atoms with Gasteiger partial charge in [0.15, 0.2) is 0 Å². The van der Waals surface area contributed by atoms with Crippen LogP contribution < -0.4 is 10.1 Å². The van der Waals surface area contributed by atoms with E-state index in [9.17, 15) is 0 Å². The van der Waals surface area contributed by atoms with Gasteiger partial charge in [-0.3, -0.25) is 0 Å². The van der Waals surface area contributed by atoms with E-state index in [2.05, 4.69) is 21.7 Å². The molecule has 2 aromatic heterocycles. The summed E-state index contributed by atoms with van der Waals surface area (Å²) in [5, 5.41) is 12.3. The Hall–Kier alpha value is -2.60. The van der Waals surface area contributed by atoms with Crippen molar-refractivity contribution >= 4 is 0 Å². The molecule has 0 radical (unpaired) electrons. The normalized spacial score (nSPS) is 11.0. The van der Waals surface area contributed by atoms with Crippen LogP contribution >= 0.6 is 0 Å². The SMILES string of the molecule is COc1c(CNCCc2cnn(-c3ccccc3)c2)c(C)nn1C. The largest absolute Gasteiger partial charge is 0.481 e. The van der Waals surface area contributed by atoms with Crippen LogP contribution in [0.25, 0.3) is 5.69 Å². The second-order valence-corrected chi connectivity index (χ2v) is 5.75. The Morgan fingerprint density at radius 2 is 2.00 bits per heavy atom. The van der Waals surface area contributed by atoms with Gasteiger partial charge in [0.25, 0.3) is 0 Å². The predicted molar refractivity (Wildman–Crippen MR) is 93.5 cm³/mol. The van der Waals surface area contributed by atoms with Crippen LogP contribution in [0.1, 0.15) is 16.8 Å². The highest BCUT2D eigenvalue weighted by Gasteiger charge is 2.12. The number of hydrogen-bond donors (Lipinski definition) is 1. The first-order valence-corrected chi connectivity index (χ1v) is 8.05. The minimum atomic E-state index is 0.746. The monoisotopic (exact) mass is 325 g/mol. The van der Waals surface area contributed by atoms with E-state index in [-0.39, 0.29) is 0 Å². The Balaban J connectivity index is 1.54. The zero-order valence-electron chi connectivity index (χ0n) is 14.4. The molecule has 3 rings (SSSR count). The maximum Gasteiger partial charge on any atom is 0.216 e. The van der Waals surface area contributed by atoms with Crippen LogP contribution in [0, 0.1) is 6.92 Å². The van der Waals surface area contributed by atoms with Gasteiger partial charge in [-0.25, -0.2) is 9.36 Å². The maximum atomic E-state index is 5.41. The van der Waals surface area contributed by atoms with Crippen molar-refractivity contribution in [1.82, 2.24) is 24.9 Å². The van der Waals surface area contributed by atoms with Crippen molar-refractivity contribution in [3.05, 3.63) is 59.5 Å². The summed E-state index contributed by atoms with van der Waals surface area (Å²) in [5.74, 6) is 0.817. The molecule has 126 valence electrons. The second-order valence-electron chi connectivity index (χ2n) is 5.75. The number of para-hydroxylation sites is 1. The standard InChI is InChI=1S/C18H23N5O/c1-14-17(18(24-3)22(2)21-14)12-19-10-9-15-11-20-23(13-15)16-7-5-4-6-8-16/h4-8,11,13,19H,9-10,12H2,1-3H3. The molecule has 0 unspecified atom stereocenters. The van der Waals surface area contributed by atoms with Crippen LogP contribution in [0.5, 0.6) is 5.88 Å². The van der Waals surface area contributed by atoms with Crippen LogP contribution in [0.3, 0.4) is 0 Å². The van der Waals surface area contributed by atoms with E-state index in [0.717, 1.165) is 42.3 Å². The summed E-state index contributed by atoms with van der Waals surface area (Å²) in [7, 11) is 3.57. The third-order valence-electron chi connectivity index (χ3n) is 4.03. The fourth-order valence-electron chi connectivity index (χ4n) is 2.80. The number of ether oxygens (including phenoxy) is 1. The van der Waals surface area contributed by atoms with E-state index in [1.54, 1.807) is 11.8 Å². The molecule has 0 amide bonds. The fraction of sp³-hybridized carbons (Fsp3) is 0.333. The van der Waals surface area contributed by atoms with Gasteiger partial charge >= 0.3 is 0 Å². The summed E-state index contributed by atoms with van der Waals surface area (Å²) in [5.41, 5.74) is 4.40. The van der Waals surface area contributed by atoms with Gasteiger partial charge in [0.1, 0.15) is 0 Å². The zero-order chi connectivity index (χ0) is 16.9.